The van der Waals surface area contributed by atoms with E-state index >= 15 is 0 Å². The summed E-state index contributed by atoms with van der Waals surface area (Å²) in [5.41, 5.74) is 1.86. The Morgan fingerprint density at radius 3 is 2.74 bits per heavy atom. The molecule has 1 aromatic carbocycles. The molecule has 8 heteroatoms. The minimum absolute atomic E-state index is 0.0862. The number of rotatable bonds is 6. The number of fused-ring (bicyclic) bond motifs is 1. The fourth-order valence-corrected chi connectivity index (χ4v) is 3.23. The second-order valence-electron chi connectivity index (χ2n) is 5.31. The molecule has 0 bridgehead atoms. The van der Waals surface area contributed by atoms with Gasteiger partial charge in [0.05, 0.1) is 10.6 Å². The highest BCUT2D eigenvalue weighted by Gasteiger charge is 2.20. The highest BCUT2D eigenvalue weighted by atomic mass is 32.2. The van der Waals surface area contributed by atoms with Gasteiger partial charge in [-0.15, -0.1) is 10.2 Å². The number of thioether (sulfide) groups is 1. The summed E-state index contributed by atoms with van der Waals surface area (Å²) in [6.45, 7) is 2.17. The van der Waals surface area contributed by atoms with Crippen LogP contribution in [0.4, 0.5) is 5.69 Å². The number of benzene rings is 1. The van der Waals surface area contributed by atoms with Gasteiger partial charge in [-0.05, 0) is 24.1 Å². The van der Waals surface area contributed by atoms with Crippen LogP contribution in [-0.4, -0.2) is 31.3 Å². The van der Waals surface area contributed by atoms with Crippen LogP contribution in [0.15, 0.2) is 34.5 Å². The Labute approximate surface area is 138 Å². The van der Waals surface area contributed by atoms with E-state index in [1.807, 2.05) is 0 Å². The van der Waals surface area contributed by atoms with E-state index in [0.717, 1.165) is 47.9 Å². The quantitative estimate of drug-likeness (QED) is 0.460. The Kier molecular flexibility index (Phi) is 4.71. The van der Waals surface area contributed by atoms with Gasteiger partial charge in [0.1, 0.15) is 0 Å². The van der Waals surface area contributed by atoms with Gasteiger partial charge in [0.15, 0.2) is 5.82 Å². The van der Waals surface area contributed by atoms with Crippen LogP contribution in [0.5, 0.6) is 0 Å². The van der Waals surface area contributed by atoms with E-state index in [1.54, 1.807) is 28.6 Å². The summed E-state index contributed by atoms with van der Waals surface area (Å²) in [6, 6.07) is 6.49. The summed E-state index contributed by atoms with van der Waals surface area (Å²) in [5.74, 6) is 1.56. The molecule has 0 spiro atoms. The molecule has 2 heterocycles. The van der Waals surface area contributed by atoms with E-state index in [4.69, 9.17) is 0 Å². The van der Waals surface area contributed by atoms with Crippen molar-refractivity contribution in [1.29, 1.82) is 0 Å². The van der Waals surface area contributed by atoms with Gasteiger partial charge < -0.3 is 0 Å². The Morgan fingerprint density at radius 2 is 2.04 bits per heavy atom. The molecule has 0 atom stereocenters. The van der Waals surface area contributed by atoms with Crippen LogP contribution in [0.2, 0.25) is 0 Å². The van der Waals surface area contributed by atoms with E-state index < -0.39 is 4.92 Å². The lowest BCUT2D eigenvalue weighted by atomic mass is 10.1. The van der Waals surface area contributed by atoms with Crippen molar-refractivity contribution in [3.8, 4) is 0 Å². The van der Waals surface area contributed by atoms with Gasteiger partial charge in [-0.2, -0.15) is 9.78 Å². The molecule has 0 aliphatic carbocycles. The molecule has 23 heavy (non-hydrogen) atoms. The van der Waals surface area contributed by atoms with Crippen molar-refractivity contribution in [3.05, 3.63) is 45.8 Å². The Morgan fingerprint density at radius 1 is 1.26 bits per heavy atom. The van der Waals surface area contributed by atoms with Crippen LogP contribution in [0.25, 0.3) is 0 Å². The van der Waals surface area contributed by atoms with E-state index in [9.17, 15) is 10.1 Å². The molecule has 1 aromatic heterocycles. The molecule has 0 saturated carbocycles. The van der Waals surface area contributed by atoms with Gasteiger partial charge in [0, 0.05) is 24.3 Å². The molecule has 0 radical (unpaired) electrons. The van der Waals surface area contributed by atoms with Gasteiger partial charge in [0.2, 0.25) is 5.16 Å². The predicted octanol–water partition coefficient (Wildman–Crippen LogP) is 3.28. The monoisotopic (exact) mass is 331 g/mol. The van der Waals surface area contributed by atoms with Gasteiger partial charge in [-0.1, -0.05) is 31.5 Å². The molecule has 2 aromatic rings. The van der Waals surface area contributed by atoms with E-state index in [-0.39, 0.29) is 5.69 Å². The summed E-state index contributed by atoms with van der Waals surface area (Å²) < 4.78 is 1.81. The maximum absolute atomic E-state index is 10.7. The van der Waals surface area contributed by atoms with Crippen LogP contribution >= 0.6 is 11.8 Å². The average Bonchev–Trinajstić information content (AvgIpc) is 2.97. The maximum atomic E-state index is 10.7. The normalized spacial score (nSPS) is 13.5. The van der Waals surface area contributed by atoms with Crippen LogP contribution in [0.3, 0.4) is 0 Å². The van der Waals surface area contributed by atoms with Crippen molar-refractivity contribution in [2.45, 2.75) is 37.8 Å². The van der Waals surface area contributed by atoms with E-state index in [2.05, 4.69) is 22.2 Å². The van der Waals surface area contributed by atoms with E-state index in [1.165, 1.54) is 12.1 Å². The first-order valence-corrected chi connectivity index (χ1v) is 8.57. The number of aromatic nitrogens is 3. The second kappa shape index (κ2) is 6.91. The lowest BCUT2D eigenvalue weighted by Gasteiger charge is -2.13. The molecule has 0 fully saturated rings. The van der Waals surface area contributed by atoms with Gasteiger partial charge in [-0.25, -0.2) is 0 Å². The summed E-state index contributed by atoms with van der Waals surface area (Å²) in [4.78, 5) is 10.3. The molecular weight excluding hydrogens is 314 g/mol. The molecule has 0 amide bonds. The average molecular weight is 331 g/mol. The van der Waals surface area contributed by atoms with Crippen molar-refractivity contribution in [2.24, 2.45) is 5.10 Å². The molecule has 0 unspecified atom stereocenters. The van der Waals surface area contributed by atoms with Crippen molar-refractivity contribution in [2.75, 3.05) is 5.75 Å². The minimum Gasteiger partial charge on any atom is -0.258 e. The Hall–Kier alpha value is -2.22. The number of aryl methyl sites for hydroxylation is 1. The third-order valence-electron chi connectivity index (χ3n) is 3.65. The molecule has 7 nitrogen and oxygen atoms in total. The minimum atomic E-state index is -0.398. The van der Waals surface area contributed by atoms with Crippen LogP contribution in [0, 0.1) is 10.1 Å². The molecular formula is C15H17N5O2S. The molecule has 1 aliphatic heterocycles. The van der Waals surface area contributed by atoms with E-state index in [0.29, 0.717) is 5.75 Å². The topological polar surface area (TPSA) is 86.2 Å². The number of non-ortho nitro benzene ring substituents is 1. The Balaban J connectivity index is 1.84. The first kappa shape index (κ1) is 15.7. The first-order valence-electron chi connectivity index (χ1n) is 7.59. The molecule has 0 saturated heterocycles. The standard InChI is InChI=1S/C15H17N5O2S/c1-2-3-4-5-14-16-17-15-19(14)18-13(10-23-15)11-6-8-12(9-7-11)20(21)22/h6-9H,2-5,10H2,1H3. The third kappa shape index (κ3) is 3.42. The van der Waals surface area contributed by atoms with Crippen molar-refractivity contribution in [1.82, 2.24) is 14.9 Å². The molecule has 0 N–H and O–H groups in total. The summed E-state index contributed by atoms with van der Waals surface area (Å²) in [7, 11) is 0. The van der Waals surface area contributed by atoms with Crippen LogP contribution < -0.4 is 0 Å². The van der Waals surface area contributed by atoms with Gasteiger partial charge >= 0.3 is 0 Å². The number of nitro groups is 1. The highest BCUT2D eigenvalue weighted by molar-refractivity contribution is 7.99. The number of nitrogens with zero attached hydrogens (tertiary/aromatic N) is 5. The summed E-state index contributed by atoms with van der Waals surface area (Å²) in [5, 5.41) is 24.6. The smallest absolute Gasteiger partial charge is 0.258 e. The molecule has 1 aliphatic rings. The van der Waals surface area contributed by atoms with Crippen LogP contribution in [-0.2, 0) is 6.42 Å². The zero-order valence-electron chi connectivity index (χ0n) is 12.8. The largest absolute Gasteiger partial charge is 0.269 e. The fraction of sp³-hybridized carbons (Fsp3) is 0.400. The zero-order valence-corrected chi connectivity index (χ0v) is 13.6. The summed E-state index contributed by atoms with van der Waals surface area (Å²) >= 11 is 1.59. The van der Waals surface area contributed by atoms with Gasteiger partial charge in [0.25, 0.3) is 5.69 Å². The molecule has 120 valence electrons. The van der Waals surface area contributed by atoms with Crippen LogP contribution in [0.1, 0.15) is 37.6 Å². The fourth-order valence-electron chi connectivity index (χ4n) is 2.37. The number of hydrogen-bond donors (Lipinski definition) is 0. The van der Waals surface area contributed by atoms with Gasteiger partial charge in [-0.3, -0.25) is 10.1 Å². The zero-order chi connectivity index (χ0) is 16.2. The Bertz CT molecular complexity index is 739. The van der Waals surface area contributed by atoms with Crippen molar-refractivity contribution in [3.63, 3.8) is 0 Å². The number of nitro benzene ring substituents is 1. The number of hydrogen-bond acceptors (Lipinski definition) is 6. The second-order valence-corrected chi connectivity index (χ2v) is 6.25. The lowest BCUT2D eigenvalue weighted by Crippen LogP contribution is -2.14. The highest BCUT2D eigenvalue weighted by Crippen LogP contribution is 2.25. The lowest BCUT2D eigenvalue weighted by molar-refractivity contribution is -0.384. The maximum Gasteiger partial charge on any atom is 0.269 e. The summed E-state index contributed by atoms with van der Waals surface area (Å²) in [6.07, 6.45) is 4.25. The van der Waals surface area contributed by atoms with Crippen molar-refractivity contribution < 1.29 is 4.92 Å². The first-order chi connectivity index (χ1) is 11.2. The third-order valence-corrected chi connectivity index (χ3v) is 4.58. The molecule has 3 rings (SSSR count). The van der Waals surface area contributed by atoms with Crippen molar-refractivity contribution >= 4 is 23.2 Å². The predicted molar refractivity (Wildman–Crippen MR) is 89.0 cm³/mol. The number of unbranched alkanes of at least 4 members (excludes halogenated alkanes) is 2. The SMILES string of the molecule is CCCCCc1nnc2n1N=C(c1ccc([N+](=O)[O-])cc1)CS2.